The van der Waals surface area contributed by atoms with Crippen molar-refractivity contribution in [2.45, 2.75) is 38.2 Å². The predicted molar refractivity (Wildman–Crippen MR) is 180 cm³/mol. The molecule has 2 N–H and O–H groups in total. The third kappa shape index (κ3) is 8.78. The van der Waals surface area contributed by atoms with Crippen molar-refractivity contribution in [3.8, 4) is 16.9 Å². The molecule has 0 radical (unpaired) electrons. The Morgan fingerprint density at radius 1 is 1.07 bits per heavy atom. The summed E-state index contributed by atoms with van der Waals surface area (Å²) in [4.78, 5) is 41.6. The summed E-state index contributed by atoms with van der Waals surface area (Å²) in [6, 6.07) is 19.2. The molecule has 0 spiro atoms. The van der Waals surface area contributed by atoms with E-state index in [2.05, 4.69) is 39.5 Å². The van der Waals surface area contributed by atoms with Gasteiger partial charge in [0.2, 0.25) is 5.91 Å². The first-order valence-electron chi connectivity index (χ1n) is 13.8. The van der Waals surface area contributed by atoms with Gasteiger partial charge in [-0.3, -0.25) is 9.59 Å². The quantitative estimate of drug-likeness (QED) is 0.0908. The molecule has 1 heterocycles. The van der Waals surface area contributed by atoms with Gasteiger partial charge in [-0.15, -0.1) is 0 Å². The van der Waals surface area contributed by atoms with Gasteiger partial charge in [-0.25, -0.2) is 0 Å². The van der Waals surface area contributed by atoms with Crippen LogP contribution in [-0.4, -0.2) is 57.6 Å². The van der Waals surface area contributed by atoms with E-state index in [1.54, 1.807) is 12.1 Å². The van der Waals surface area contributed by atoms with Crippen LogP contribution in [0.3, 0.4) is 0 Å². The summed E-state index contributed by atoms with van der Waals surface area (Å²) >= 11 is 2.29. The molecule has 2 amide bonds. The number of nitrogens with zero attached hydrogens (tertiary/aromatic N) is 1. The number of carbonyl (C=O) groups is 3. The maximum atomic E-state index is 13.0. The Balaban J connectivity index is 1.40. The summed E-state index contributed by atoms with van der Waals surface area (Å²) in [6.45, 7) is 1.90. The number of benzene rings is 3. The third-order valence-corrected chi connectivity index (χ3v) is 11.3. The monoisotopic (exact) mass is 749 g/mol. The van der Waals surface area contributed by atoms with Gasteiger partial charge in [-0.2, -0.15) is 0 Å². The number of piperidine rings is 1. The summed E-state index contributed by atoms with van der Waals surface area (Å²) in [5.74, 6) is 0.245. The van der Waals surface area contributed by atoms with E-state index in [4.69, 9.17) is 9.47 Å². The van der Waals surface area contributed by atoms with Crippen LogP contribution < -0.4 is 15.4 Å². The molecule has 224 valence electrons. The fourth-order valence-electron chi connectivity index (χ4n) is 4.91. The number of hydrogen-bond donors (Lipinski definition) is 2. The molecule has 1 saturated heterocycles. The van der Waals surface area contributed by atoms with Gasteiger partial charge in [-0.1, -0.05) is 0 Å². The molecule has 1 unspecified atom stereocenters. The van der Waals surface area contributed by atoms with Crippen LogP contribution in [0.25, 0.3) is 11.1 Å². The first-order valence-corrected chi connectivity index (χ1v) is 19.9. The average molecular weight is 750 g/mol. The van der Waals surface area contributed by atoms with Crippen LogP contribution in [0.4, 0.5) is 16.2 Å². The minimum Gasteiger partial charge on any atom is -0.298 e. The second kappa shape index (κ2) is 15.5. The summed E-state index contributed by atoms with van der Waals surface area (Å²) in [7, 11) is 1.48. The first-order chi connectivity index (χ1) is 20.3. The second-order valence-corrected chi connectivity index (χ2v) is 16.5. The topological polar surface area (TPSA) is 97.0 Å². The molecular formula is C32H37BrIN3O5. The van der Waals surface area contributed by atoms with Gasteiger partial charge < -0.3 is 10.1 Å². The van der Waals surface area contributed by atoms with E-state index in [0.717, 1.165) is 42.6 Å². The molecule has 42 heavy (non-hydrogen) atoms. The number of ether oxygens (including phenoxy) is 2. The number of amides is 2. The molecule has 3 aromatic carbocycles. The van der Waals surface area contributed by atoms with Crippen molar-refractivity contribution in [1.82, 2.24) is 3.11 Å². The van der Waals surface area contributed by atoms with Gasteiger partial charge >= 0.3 is 176 Å². The van der Waals surface area contributed by atoms with Gasteiger partial charge in [-0.05, 0) is 22.0 Å². The van der Waals surface area contributed by atoms with Crippen molar-refractivity contribution in [2.75, 3.05) is 40.7 Å². The SMILES string of the molecule is COc1cc(NC(=O)CCCc2ccc(-c3ccccc3)c(NC(=O)OC3CCCN(I(C)C)C3)c2)c(Br)cc1C=O. The fourth-order valence-corrected chi connectivity index (χ4v) is 7.90. The molecule has 0 saturated carbocycles. The van der Waals surface area contributed by atoms with E-state index in [1.165, 1.54) is 7.11 Å². The number of nitrogens with one attached hydrogen (secondary N) is 2. The van der Waals surface area contributed by atoms with E-state index in [9.17, 15) is 14.4 Å². The second-order valence-electron chi connectivity index (χ2n) is 10.2. The first kappa shape index (κ1) is 32.0. The Morgan fingerprint density at radius 3 is 2.57 bits per heavy atom. The number of methoxy groups -OCH3 is 1. The summed E-state index contributed by atoms with van der Waals surface area (Å²) in [5.41, 5.74) is 4.53. The molecule has 1 aliphatic rings. The van der Waals surface area contributed by atoms with Crippen molar-refractivity contribution in [3.05, 3.63) is 76.3 Å². The van der Waals surface area contributed by atoms with Crippen LogP contribution in [-0.2, 0) is 16.0 Å². The third-order valence-electron chi connectivity index (χ3n) is 7.08. The normalized spacial score (nSPS) is 15.4. The van der Waals surface area contributed by atoms with Gasteiger partial charge in [0.1, 0.15) is 5.75 Å². The van der Waals surface area contributed by atoms with Crippen LogP contribution in [0.2, 0.25) is 0 Å². The molecule has 0 aliphatic carbocycles. The van der Waals surface area contributed by atoms with Crippen LogP contribution in [0.15, 0.2) is 65.1 Å². The van der Waals surface area contributed by atoms with Crippen molar-refractivity contribution in [3.63, 3.8) is 0 Å². The number of hydrogen-bond acceptors (Lipinski definition) is 6. The summed E-state index contributed by atoms with van der Waals surface area (Å²) in [5, 5.41) is 5.89. The van der Waals surface area contributed by atoms with E-state index in [1.807, 2.05) is 48.5 Å². The fraction of sp³-hybridized carbons (Fsp3) is 0.344. The number of aryl methyl sites for hydroxylation is 1. The smallest absolute Gasteiger partial charge is 0.153 e. The largest absolute Gasteiger partial charge is 0.298 e. The molecule has 1 aliphatic heterocycles. The van der Waals surface area contributed by atoms with Gasteiger partial charge in [0.15, 0.2) is 6.29 Å². The molecule has 1 fully saturated rings. The zero-order valence-corrected chi connectivity index (χ0v) is 27.9. The van der Waals surface area contributed by atoms with E-state index in [0.29, 0.717) is 52.7 Å². The average Bonchev–Trinajstić information content (AvgIpc) is 2.98. The van der Waals surface area contributed by atoms with Crippen LogP contribution in [0.1, 0.15) is 41.6 Å². The van der Waals surface area contributed by atoms with Crippen molar-refractivity contribution >= 4 is 65.7 Å². The zero-order valence-electron chi connectivity index (χ0n) is 24.1. The van der Waals surface area contributed by atoms with E-state index < -0.39 is 26.2 Å². The molecule has 3 aromatic rings. The van der Waals surface area contributed by atoms with E-state index >= 15 is 0 Å². The molecule has 4 rings (SSSR count). The zero-order chi connectivity index (χ0) is 30.1. The maximum absolute atomic E-state index is 13.0. The standard InChI is InChI=1S/C32H37BrIN3O5/c1-34(2)37-16-8-12-25(20-37)42-32(40)36-28-17-22(14-15-26(28)23-10-5-4-6-11-23)9-7-13-31(39)35-29-19-30(41-3)24(21-38)18-27(29)33/h4-6,10-11,14-15,17-19,21,25H,7-9,12-13,16,20H2,1-3H3,(H,35,39)(H,36,40). The van der Waals surface area contributed by atoms with Gasteiger partial charge in [0.25, 0.3) is 0 Å². The molecule has 0 bridgehead atoms. The number of alkyl halides is 2. The minimum atomic E-state index is -1.11. The van der Waals surface area contributed by atoms with Crippen molar-refractivity contribution < 1.29 is 23.9 Å². The summed E-state index contributed by atoms with van der Waals surface area (Å²) in [6.07, 6.45) is 3.65. The molecular weight excluding hydrogens is 713 g/mol. The Hall–Kier alpha value is -2.96. The van der Waals surface area contributed by atoms with Crippen LogP contribution in [0.5, 0.6) is 5.75 Å². The van der Waals surface area contributed by atoms with Crippen molar-refractivity contribution in [1.29, 1.82) is 0 Å². The van der Waals surface area contributed by atoms with Crippen LogP contribution >= 0.6 is 36.0 Å². The number of aldehydes is 1. The number of halogens is 2. The van der Waals surface area contributed by atoms with Gasteiger partial charge in [0, 0.05) is 10.5 Å². The number of rotatable bonds is 11. The Labute approximate surface area is 263 Å². The Morgan fingerprint density at radius 2 is 1.86 bits per heavy atom. The van der Waals surface area contributed by atoms with Crippen LogP contribution in [0, 0.1) is 0 Å². The van der Waals surface area contributed by atoms with Gasteiger partial charge in [0.05, 0.1) is 18.4 Å². The Kier molecular flexibility index (Phi) is 11.8. The summed E-state index contributed by atoms with van der Waals surface area (Å²) < 4.78 is 14.2. The Bertz CT molecular complexity index is 1400. The van der Waals surface area contributed by atoms with Crippen molar-refractivity contribution in [2.24, 2.45) is 0 Å². The predicted octanol–water partition coefficient (Wildman–Crippen LogP) is 7.59. The number of carbonyl (C=O) groups excluding carboxylic acids is 3. The molecule has 10 heteroatoms. The molecule has 1 atom stereocenters. The minimum absolute atomic E-state index is 0.102. The molecule has 8 nitrogen and oxygen atoms in total. The maximum Gasteiger partial charge on any atom is 0.153 e. The number of anilines is 2. The molecule has 0 aromatic heterocycles. The van der Waals surface area contributed by atoms with E-state index in [-0.39, 0.29) is 12.0 Å².